The van der Waals surface area contributed by atoms with Gasteiger partial charge in [-0.25, -0.2) is 14.6 Å². The molecule has 1 fully saturated rings. The lowest BCUT2D eigenvalue weighted by Crippen LogP contribution is -2.50. The fraction of sp³-hybridized carbons (Fsp3) is 0.429. The number of nitrogens with one attached hydrogen (secondary N) is 2. The lowest BCUT2D eigenvalue weighted by atomic mass is 10.1. The fourth-order valence-corrected chi connectivity index (χ4v) is 2.25. The van der Waals surface area contributed by atoms with Gasteiger partial charge in [-0.3, -0.25) is 5.43 Å². The van der Waals surface area contributed by atoms with Crippen LogP contribution in [0.5, 0.6) is 0 Å². The molecule has 1 aromatic rings. The fourth-order valence-electron chi connectivity index (χ4n) is 2.25. The van der Waals surface area contributed by atoms with Crippen molar-refractivity contribution in [2.75, 3.05) is 13.1 Å². The Kier molecular flexibility index (Phi) is 4.95. The molecule has 1 aromatic carbocycles. The number of hydrogen-bond acceptors (Lipinski definition) is 3. The zero-order valence-corrected chi connectivity index (χ0v) is 11.2. The molecule has 108 valence electrons. The summed E-state index contributed by atoms with van der Waals surface area (Å²) >= 11 is 0. The molecule has 3 N–H and O–H groups in total. The van der Waals surface area contributed by atoms with Crippen molar-refractivity contribution in [3.63, 3.8) is 0 Å². The van der Waals surface area contributed by atoms with Gasteiger partial charge in [-0.05, 0) is 18.4 Å². The van der Waals surface area contributed by atoms with Gasteiger partial charge in [0.15, 0.2) is 6.04 Å². The van der Waals surface area contributed by atoms with Crippen LogP contribution in [0.4, 0.5) is 4.79 Å². The van der Waals surface area contributed by atoms with E-state index in [0.717, 1.165) is 25.9 Å². The number of rotatable bonds is 4. The molecule has 6 nitrogen and oxygen atoms in total. The van der Waals surface area contributed by atoms with Gasteiger partial charge in [-0.1, -0.05) is 36.8 Å². The third-order valence-corrected chi connectivity index (χ3v) is 3.27. The molecule has 1 unspecified atom stereocenters. The van der Waals surface area contributed by atoms with Crippen molar-refractivity contribution < 1.29 is 14.7 Å². The van der Waals surface area contributed by atoms with Crippen molar-refractivity contribution in [1.82, 2.24) is 15.8 Å². The molecule has 20 heavy (non-hydrogen) atoms. The van der Waals surface area contributed by atoms with Gasteiger partial charge in [-0.15, -0.1) is 0 Å². The quantitative estimate of drug-likeness (QED) is 0.779. The Morgan fingerprint density at radius 3 is 2.35 bits per heavy atom. The molecule has 0 aliphatic carbocycles. The van der Waals surface area contributed by atoms with Crippen LogP contribution in [0.15, 0.2) is 30.3 Å². The predicted molar refractivity (Wildman–Crippen MR) is 73.9 cm³/mol. The summed E-state index contributed by atoms with van der Waals surface area (Å²) in [7, 11) is 0. The molecule has 0 radical (unpaired) electrons. The van der Waals surface area contributed by atoms with E-state index in [4.69, 9.17) is 0 Å². The summed E-state index contributed by atoms with van der Waals surface area (Å²) in [6.45, 7) is 1.60. The van der Waals surface area contributed by atoms with Gasteiger partial charge in [0.1, 0.15) is 0 Å². The van der Waals surface area contributed by atoms with Crippen LogP contribution in [0.2, 0.25) is 0 Å². The van der Waals surface area contributed by atoms with Crippen molar-refractivity contribution in [2.24, 2.45) is 0 Å². The van der Waals surface area contributed by atoms with E-state index in [0.29, 0.717) is 5.56 Å². The number of aliphatic carboxylic acids is 1. The number of hydrazine groups is 1. The van der Waals surface area contributed by atoms with Crippen LogP contribution in [-0.2, 0) is 4.79 Å². The minimum absolute atomic E-state index is 0.483. The molecule has 2 amide bonds. The van der Waals surface area contributed by atoms with E-state index < -0.39 is 18.0 Å². The van der Waals surface area contributed by atoms with E-state index in [-0.39, 0.29) is 0 Å². The maximum Gasteiger partial charge on any atom is 0.330 e. The van der Waals surface area contributed by atoms with Crippen molar-refractivity contribution in [3.8, 4) is 0 Å². The van der Waals surface area contributed by atoms with Crippen molar-refractivity contribution in [2.45, 2.75) is 25.3 Å². The highest BCUT2D eigenvalue weighted by Crippen LogP contribution is 2.12. The van der Waals surface area contributed by atoms with Crippen molar-refractivity contribution in [3.05, 3.63) is 35.9 Å². The lowest BCUT2D eigenvalue weighted by molar-refractivity contribution is -0.139. The molecule has 0 aromatic heterocycles. The number of carboxylic acids is 1. The molecule has 0 saturated carbocycles. The number of carboxylic acid groups (broad SMARTS) is 1. The Bertz CT molecular complexity index is 458. The highest BCUT2D eigenvalue weighted by Gasteiger charge is 2.22. The second-order valence-corrected chi connectivity index (χ2v) is 4.81. The summed E-state index contributed by atoms with van der Waals surface area (Å²) in [5, 5.41) is 13.5. The van der Waals surface area contributed by atoms with Crippen LogP contribution < -0.4 is 10.7 Å². The smallest absolute Gasteiger partial charge is 0.330 e. The topological polar surface area (TPSA) is 81.7 Å². The molecule has 6 heteroatoms. The van der Waals surface area contributed by atoms with Gasteiger partial charge in [0.2, 0.25) is 0 Å². The van der Waals surface area contributed by atoms with E-state index >= 15 is 0 Å². The van der Waals surface area contributed by atoms with Gasteiger partial charge in [0.25, 0.3) is 0 Å². The number of carbonyl (C=O) groups excluding carboxylic acids is 1. The van der Waals surface area contributed by atoms with Gasteiger partial charge in [0.05, 0.1) is 0 Å². The monoisotopic (exact) mass is 277 g/mol. The van der Waals surface area contributed by atoms with Gasteiger partial charge in [0, 0.05) is 13.1 Å². The molecular formula is C14H19N3O3. The third kappa shape index (κ3) is 3.96. The van der Waals surface area contributed by atoms with Crippen LogP contribution in [0.1, 0.15) is 30.9 Å². The first kappa shape index (κ1) is 14.3. The molecule has 0 bridgehead atoms. The summed E-state index contributed by atoms with van der Waals surface area (Å²) in [6, 6.07) is 7.13. The van der Waals surface area contributed by atoms with Crippen LogP contribution in [0, 0.1) is 0 Å². The molecule has 0 spiro atoms. The third-order valence-electron chi connectivity index (χ3n) is 3.27. The summed E-state index contributed by atoms with van der Waals surface area (Å²) in [6.07, 6.45) is 3.25. The average Bonchev–Trinajstić information content (AvgIpc) is 2.46. The van der Waals surface area contributed by atoms with E-state index in [2.05, 4.69) is 10.7 Å². The normalized spacial score (nSPS) is 17.2. The first-order valence-corrected chi connectivity index (χ1v) is 6.76. The first-order valence-electron chi connectivity index (χ1n) is 6.76. The highest BCUT2D eigenvalue weighted by molar-refractivity contribution is 5.83. The molecule has 1 heterocycles. The lowest BCUT2D eigenvalue weighted by Gasteiger charge is -2.27. The molecular weight excluding hydrogens is 258 g/mol. The number of piperidine rings is 1. The number of carbonyl (C=O) groups is 2. The largest absolute Gasteiger partial charge is 0.479 e. The summed E-state index contributed by atoms with van der Waals surface area (Å²) in [5.41, 5.74) is 3.24. The van der Waals surface area contributed by atoms with Crippen LogP contribution >= 0.6 is 0 Å². The first-order chi connectivity index (χ1) is 9.66. The van der Waals surface area contributed by atoms with E-state index in [1.165, 1.54) is 6.42 Å². The molecule has 1 saturated heterocycles. The van der Waals surface area contributed by atoms with E-state index in [1.54, 1.807) is 30.3 Å². The minimum atomic E-state index is -1.08. The molecule has 2 rings (SSSR count). The zero-order chi connectivity index (χ0) is 14.4. The van der Waals surface area contributed by atoms with Crippen LogP contribution in [0.3, 0.4) is 0 Å². The predicted octanol–water partition coefficient (Wildman–Crippen LogP) is 1.51. The average molecular weight is 277 g/mol. The van der Waals surface area contributed by atoms with Gasteiger partial charge in [-0.2, -0.15) is 0 Å². The van der Waals surface area contributed by atoms with Crippen LogP contribution in [-0.4, -0.2) is 35.2 Å². The minimum Gasteiger partial charge on any atom is -0.479 e. The highest BCUT2D eigenvalue weighted by atomic mass is 16.4. The summed E-state index contributed by atoms with van der Waals surface area (Å²) in [4.78, 5) is 23.1. The number of nitrogens with zero attached hydrogens (tertiary/aromatic N) is 1. The summed E-state index contributed by atoms with van der Waals surface area (Å²) < 4.78 is 0. The maximum absolute atomic E-state index is 11.9. The maximum atomic E-state index is 11.9. The Labute approximate surface area is 117 Å². The summed E-state index contributed by atoms with van der Waals surface area (Å²) in [5.74, 6) is -1.08. The van der Waals surface area contributed by atoms with Crippen molar-refractivity contribution >= 4 is 12.0 Å². The van der Waals surface area contributed by atoms with E-state index in [1.807, 2.05) is 5.01 Å². The Hall–Kier alpha value is -2.08. The second-order valence-electron chi connectivity index (χ2n) is 4.81. The van der Waals surface area contributed by atoms with Crippen molar-refractivity contribution in [1.29, 1.82) is 0 Å². The Balaban J connectivity index is 1.94. The number of amides is 2. The SMILES string of the molecule is O=C(NC(C(=O)O)c1ccccc1)NN1CCCCC1. The standard InChI is InChI=1S/C14H19N3O3/c18-13(19)12(11-7-3-1-4-8-11)15-14(20)16-17-9-5-2-6-10-17/h1,3-4,7-8,12H,2,5-6,9-10H2,(H,18,19)(H2,15,16,20). The second kappa shape index (κ2) is 6.91. The number of benzene rings is 1. The van der Waals surface area contributed by atoms with Crippen LogP contribution in [0.25, 0.3) is 0 Å². The van der Waals surface area contributed by atoms with Gasteiger partial charge >= 0.3 is 12.0 Å². The van der Waals surface area contributed by atoms with Gasteiger partial charge < -0.3 is 10.4 Å². The zero-order valence-electron chi connectivity index (χ0n) is 11.2. The van der Waals surface area contributed by atoms with E-state index in [9.17, 15) is 14.7 Å². The molecule has 1 aliphatic rings. The Morgan fingerprint density at radius 1 is 1.10 bits per heavy atom. The Morgan fingerprint density at radius 2 is 1.75 bits per heavy atom. The molecule has 1 atom stereocenters. The number of urea groups is 1. The number of hydrogen-bond donors (Lipinski definition) is 3. The molecule has 1 aliphatic heterocycles.